The van der Waals surface area contributed by atoms with Gasteiger partial charge in [0.15, 0.2) is 0 Å². The lowest BCUT2D eigenvalue weighted by molar-refractivity contribution is 0.109. The number of fused-ring (bicyclic) bond motifs is 1. The molecule has 112 valence electrons. The van der Waals surface area contributed by atoms with Crippen LogP contribution in [0.1, 0.15) is 49.8 Å². The van der Waals surface area contributed by atoms with Gasteiger partial charge in [0.1, 0.15) is 0 Å². The van der Waals surface area contributed by atoms with E-state index in [1.165, 1.54) is 54.3 Å². The molecular weight excluding hydrogens is 332 g/mol. The van der Waals surface area contributed by atoms with Gasteiger partial charge in [-0.1, -0.05) is 25.7 Å². The molecule has 0 aromatic carbocycles. The number of hydrazine groups is 1. The summed E-state index contributed by atoms with van der Waals surface area (Å²) < 4.78 is 1.24. The fourth-order valence-electron chi connectivity index (χ4n) is 4.31. The average molecular weight is 357 g/mol. The Bertz CT molecular complexity index is 434. The maximum atomic E-state index is 5.88. The van der Waals surface area contributed by atoms with E-state index in [1.54, 1.807) is 0 Å². The molecule has 2 nitrogen and oxygen atoms in total. The maximum absolute atomic E-state index is 5.88. The number of thiophene rings is 1. The van der Waals surface area contributed by atoms with Crippen molar-refractivity contribution in [3.8, 4) is 0 Å². The van der Waals surface area contributed by atoms with Crippen LogP contribution in [0.2, 0.25) is 0 Å². The molecule has 3 N–H and O–H groups in total. The lowest BCUT2D eigenvalue weighted by Crippen LogP contribution is -2.45. The van der Waals surface area contributed by atoms with Gasteiger partial charge in [-0.05, 0) is 70.8 Å². The Balaban J connectivity index is 1.63. The van der Waals surface area contributed by atoms with Gasteiger partial charge in [0, 0.05) is 15.4 Å². The average Bonchev–Trinajstić information content (AvgIpc) is 2.89. The molecule has 1 aromatic heterocycles. The van der Waals surface area contributed by atoms with Gasteiger partial charge in [-0.3, -0.25) is 11.3 Å². The van der Waals surface area contributed by atoms with E-state index in [4.69, 9.17) is 5.84 Å². The van der Waals surface area contributed by atoms with Crippen molar-refractivity contribution < 1.29 is 0 Å². The standard InChI is InChI=1S/C16H25BrN2S/c17-14-7-8-20-16(14)10-15(19-18)13-6-5-11-3-1-2-4-12(11)9-13/h7-8,11-13,15,19H,1-6,9-10,18H2. The highest BCUT2D eigenvalue weighted by Gasteiger charge is 2.35. The molecule has 2 aliphatic carbocycles. The summed E-state index contributed by atoms with van der Waals surface area (Å²) in [7, 11) is 0. The fraction of sp³-hybridized carbons (Fsp3) is 0.750. The number of hydrogen-bond acceptors (Lipinski definition) is 3. The second kappa shape index (κ2) is 6.91. The highest BCUT2D eigenvalue weighted by atomic mass is 79.9. The van der Waals surface area contributed by atoms with Crippen LogP contribution in [0.5, 0.6) is 0 Å². The van der Waals surface area contributed by atoms with Gasteiger partial charge in [0.25, 0.3) is 0 Å². The van der Waals surface area contributed by atoms with Crippen molar-refractivity contribution in [1.29, 1.82) is 0 Å². The topological polar surface area (TPSA) is 38.0 Å². The van der Waals surface area contributed by atoms with Crippen LogP contribution in [-0.4, -0.2) is 6.04 Å². The number of halogens is 1. The van der Waals surface area contributed by atoms with Crippen molar-refractivity contribution in [3.63, 3.8) is 0 Å². The molecule has 0 bridgehead atoms. The lowest BCUT2D eigenvalue weighted by atomic mass is 9.66. The van der Waals surface area contributed by atoms with Gasteiger partial charge in [-0.2, -0.15) is 0 Å². The van der Waals surface area contributed by atoms with Crippen LogP contribution < -0.4 is 11.3 Å². The zero-order valence-corrected chi connectivity index (χ0v) is 14.4. The molecule has 2 aliphatic rings. The molecule has 4 unspecified atom stereocenters. The molecule has 2 saturated carbocycles. The van der Waals surface area contributed by atoms with Gasteiger partial charge < -0.3 is 0 Å². The molecule has 4 heteroatoms. The summed E-state index contributed by atoms with van der Waals surface area (Å²) in [6.07, 6.45) is 11.1. The zero-order chi connectivity index (χ0) is 13.9. The second-order valence-corrected chi connectivity index (χ2v) is 8.40. The van der Waals surface area contributed by atoms with Crippen molar-refractivity contribution in [2.75, 3.05) is 0 Å². The first-order chi connectivity index (χ1) is 9.78. The number of rotatable bonds is 4. The molecule has 1 aromatic rings. The molecule has 1 heterocycles. The van der Waals surface area contributed by atoms with Crippen LogP contribution in [0.4, 0.5) is 0 Å². The number of hydrogen-bond donors (Lipinski definition) is 2. The van der Waals surface area contributed by atoms with Crippen molar-refractivity contribution in [2.24, 2.45) is 23.6 Å². The van der Waals surface area contributed by atoms with Crippen molar-refractivity contribution in [2.45, 2.75) is 57.4 Å². The summed E-state index contributed by atoms with van der Waals surface area (Å²) >= 11 is 5.48. The highest BCUT2D eigenvalue weighted by Crippen LogP contribution is 2.44. The van der Waals surface area contributed by atoms with Gasteiger partial charge in [0.05, 0.1) is 0 Å². The third-order valence-electron chi connectivity index (χ3n) is 5.46. The summed E-state index contributed by atoms with van der Waals surface area (Å²) in [5, 5.41) is 2.16. The SMILES string of the molecule is NNC(Cc1sccc1Br)C1CCC2CCCCC2C1. The predicted molar refractivity (Wildman–Crippen MR) is 89.6 cm³/mol. The second-order valence-electron chi connectivity index (χ2n) is 6.55. The van der Waals surface area contributed by atoms with Gasteiger partial charge in [-0.25, -0.2) is 0 Å². The van der Waals surface area contributed by atoms with Crippen LogP contribution in [0.3, 0.4) is 0 Å². The largest absolute Gasteiger partial charge is 0.271 e. The van der Waals surface area contributed by atoms with Gasteiger partial charge in [-0.15, -0.1) is 11.3 Å². The Kier molecular flexibility index (Phi) is 5.18. The zero-order valence-electron chi connectivity index (χ0n) is 12.0. The molecule has 2 fully saturated rings. The maximum Gasteiger partial charge on any atom is 0.0314 e. The first kappa shape index (κ1) is 15.0. The predicted octanol–water partition coefficient (Wildman–Crippen LogP) is 4.49. The van der Waals surface area contributed by atoms with Gasteiger partial charge >= 0.3 is 0 Å². The molecule has 0 saturated heterocycles. The normalized spacial score (nSPS) is 31.8. The van der Waals surface area contributed by atoms with E-state index >= 15 is 0 Å². The Morgan fingerprint density at radius 1 is 1.25 bits per heavy atom. The number of nitrogens with one attached hydrogen (secondary N) is 1. The first-order valence-electron chi connectivity index (χ1n) is 7.96. The van der Waals surface area contributed by atoms with Crippen molar-refractivity contribution in [3.05, 3.63) is 20.8 Å². The Morgan fingerprint density at radius 2 is 2.05 bits per heavy atom. The van der Waals surface area contributed by atoms with Crippen LogP contribution in [0.25, 0.3) is 0 Å². The van der Waals surface area contributed by atoms with E-state index in [2.05, 4.69) is 32.8 Å². The van der Waals surface area contributed by atoms with E-state index in [-0.39, 0.29) is 0 Å². The summed E-state index contributed by atoms with van der Waals surface area (Å²) in [5.74, 6) is 8.63. The monoisotopic (exact) mass is 356 g/mol. The lowest BCUT2D eigenvalue weighted by Gasteiger charge is -2.41. The summed E-state index contributed by atoms with van der Waals surface area (Å²) in [6.45, 7) is 0. The Morgan fingerprint density at radius 3 is 2.75 bits per heavy atom. The van der Waals surface area contributed by atoms with Crippen molar-refractivity contribution in [1.82, 2.24) is 5.43 Å². The quantitative estimate of drug-likeness (QED) is 0.615. The van der Waals surface area contributed by atoms with E-state index in [1.807, 2.05) is 11.3 Å². The fourth-order valence-corrected chi connectivity index (χ4v) is 5.88. The van der Waals surface area contributed by atoms with E-state index in [0.717, 1.165) is 24.2 Å². The number of nitrogens with two attached hydrogens (primary N) is 1. The Hall–Kier alpha value is 0.100. The molecule has 3 rings (SSSR count). The molecule has 0 spiro atoms. The molecule has 20 heavy (non-hydrogen) atoms. The van der Waals surface area contributed by atoms with Crippen LogP contribution in [0.15, 0.2) is 15.9 Å². The first-order valence-corrected chi connectivity index (χ1v) is 9.63. The molecule has 0 aliphatic heterocycles. The molecule has 4 atom stereocenters. The molecule has 0 amide bonds. The third-order valence-corrected chi connectivity index (χ3v) is 7.41. The van der Waals surface area contributed by atoms with E-state index < -0.39 is 0 Å². The van der Waals surface area contributed by atoms with Crippen LogP contribution >= 0.6 is 27.3 Å². The molecular formula is C16H25BrN2S. The summed E-state index contributed by atoms with van der Waals surface area (Å²) in [4.78, 5) is 1.43. The minimum absolute atomic E-state index is 0.438. The minimum atomic E-state index is 0.438. The minimum Gasteiger partial charge on any atom is -0.271 e. The van der Waals surface area contributed by atoms with Crippen LogP contribution in [-0.2, 0) is 6.42 Å². The summed E-state index contributed by atoms with van der Waals surface area (Å²) in [5.41, 5.74) is 3.12. The molecule has 0 radical (unpaired) electrons. The van der Waals surface area contributed by atoms with Crippen LogP contribution in [0, 0.1) is 17.8 Å². The highest BCUT2D eigenvalue weighted by molar-refractivity contribution is 9.10. The Labute approximate surface area is 134 Å². The third kappa shape index (κ3) is 3.29. The summed E-state index contributed by atoms with van der Waals surface area (Å²) in [6, 6.07) is 2.58. The van der Waals surface area contributed by atoms with E-state index in [0.29, 0.717) is 6.04 Å². The van der Waals surface area contributed by atoms with Crippen molar-refractivity contribution >= 4 is 27.3 Å². The smallest absolute Gasteiger partial charge is 0.0314 e. The van der Waals surface area contributed by atoms with E-state index in [9.17, 15) is 0 Å². The van der Waals surface area contributed by atoms with Gasteiger partial charge in [0.2, 0.25) is 0 Å².